The number of amides is 1. The van der Waals surface area contributed by atoms with E-state index < -0.39 is 17.3 Å². The summed E-state index contributed by atoms with van der Waals surface area (Å²) in [5.74, 6) is -2.19. The van der Waals surface area contributed by atoms with Crippen LogP contribution in [0.4, 0.5) is 10.1 Å². The molecule has 0 bridgehead atoms. The molecule has 2 aromatic carbocycles. The normalized spacial score (nSPS) is 16.8. The number of halogens is 1. The fourth-order valence-corrected chi connectivity index (χ4v) is 3.73. The van der Waals surface area contributed by atoms with Crippen LogP contribution in [0.3, 0.4) is 0 Å². The lowest BCUT2D eigenvalue weighted by atomic mass is 9.77. The maximum Gasteiger partial charge on any atom is 0.310 e. The minimum atomic E-state index is -0.924. The van der Waals surface area contributed by atoms with Crippen LogP contribution in [0.2, 0.25) is 0 Å². The first-order valence-corrected chi connectivity index (χ1v) is 8.83. The van der Waals surface area contributed by atoms with Crippen molar-refractivity contribution >= 4 is 17.6 Å². The van der Waals surface area contributed by atoms with E-state index >= 15 is 0 Å². The zero-order valence-electron chi connectivity index (χ0n) is 14.7. The van der Waals surface area contributed by atoms with Crippen LogP contribution in [0, 0.1) is 5.82 Å². The minimum Gasteiger partial charge on any atom is -0.481 e. The van der Waals surface area contributed by atoms with Crippen LogP contribution in [-0.4, -0.2) is 17.0 Å². The van der Waals surface area contributed by atoms with E-state index in [9.17, 15) is 19.1 Å². The molecule has 2 aromatic rings. The molecule has 0 saturated heterocycles. The Morgan fingerprint density at radius 1 is 1.12 bits per heavy atom. The maximum absolute atomic E-state index is 14.4. The SMILES string of the molecule is CC(C(=O)O)c1cccc(NC(=O)C2(c3ccccc3F)CCCC2)c1. The maximum atomic E-state index is 14.4. The summed E-state index contributed by atoms with van der Waals surface area (Å²) < 4.78 is 14.4. The van der Waals surface area contributed by atoms with E-state index in [4.69, 9.17) is 0 Å². The van der Waals surface area contributed by atoms with Crippen LogP contribution in [0.1, 0.15) is 49.7 Å². The molecule has 0 radical (unpaired) electrons. The highest BCUT2D eigenvalue weighted by molar-refractivity contribution is 5.99. The zero-order chi connectivity index (χ0) is 18.7. The summed E-state index contributed by atoms with van der Waals surface area (Å²) in [7, 11) is 0. The summed E-state index contributed by atoms with van der Waals surface area (Å²) in [6.45, 7) is 1.60. The molecule has 5 heteroatoms. The van der Waals surface area contributed by atoms with Gasteiger partial charge in [-0.3, -0.25) is 9.59 Å². The monoisotopic (exact) mass is 355 g/mol. The highest BCUT2D eigenvalue weighted by Gasteiger charge is 2.44. The molecular formula is C21H22FNO3. The summed E-state index contributed by atoms with van der Waals surface area (Å²) in [5, 5.41) is 12.1. The molecule has 1 aliphatic rings. The van der Waals surface area contributed by atoms with E-state index in [1.165, 1.54) is 6.07 Å². The van der Waals surface area contributed by atoms with Crippen molar-refractivity contribution in [2.75, 3.05) is 5.32 Å². The molecule has 2 N–H and O–H groups in total. The van der Waals surface area contributed by atoms with Gasteiger partial charge in [0.15, 0.2) is 0 Å². The first-order chi connectivity index (χ1) is 12.4. The van der Waals surface area contributed by atoms with Crippen molar-refractivity contribution < 1.29 is 19.1 Å². The summed E-state index contributed by atoms with van der Waals surface area (Å²) in [5.41, 5.74) is 0.703. The van der Waals surface area contributed by atoms with Gasteiger partial charge in [0.2, 0.25) is 5.91 Å². The van der Waals surface area contributed by atoms with E-state index in [2.05, 4.69) is 5.32 Å². The fraction of sp³-hybridized carbons (Fsp3) is 0.333. The molecule has 1 saturated carbocycles. The van der Waals surface area contributed by atoms with Crippen molar-refractivity contribution in [3.05, 3.63) is 65.5 Å². The summed E-state index contributed by atoms with van der Waals surface area (Å²) >= 11 is 0. The van der Waals surface area contributed by atoms with Gasteiger partial charge in [0.1, 0.15) is 5.82 Å². The van der Waals surface area contributed by atoms with E-state index in [0.717, 1.165) is 12.8 Å². The van der Waals surface area contributed by atoms with Gasteiger partial charge in [0.05, 0.1) is 11.3 Å². The van der Waals surface area contributed by atoms with Crippen molar-refractivity contribution in [3.63, 3.8) is 0 Å². The van der Waals surface area contributed by atoms with Gasteiger partial charge in [0, 0.05) is 11.3 Å². The lowest BCUT2D eigenvalue weighted by Crippen LogP contribution is -2.38. The van der Waals surface area contributed by atoms with Gasteiger partial charge in [-0.2, -0.15) is 0 Å². The Bertz CT molecular complexity index is 828. The van der Waals surface area contributed by atoms with E-state index in [-0.39, 0.29) is 11.7 Å². The molecule has 1 atom stereocenters. The number of rotatable bonds is 5. The standard InChI is InChI=1S/C21H22FNO3/c1-14(19(24)25)15-7-6-8-16(13-15)23-20(26)21(11-4-5-12-21)17-9-2-3-10-18(17)22/h2-3,6-10,13-14H,4-5,11-12H2,1H3,(H,23,26)(H,24,25). The first-order valence-electron chi connectivity index (χ1n) is 8.83. The van der Waals surface area contributed by atoms with E-state index in [1.807, 2.05) is 0 Å². The average Bonchev–Trinajstić information content (AvgIpc) is 3.12. The van der Waals surface area contributed by atoms with Gasteiger partial charge in [-0.1, -0.05) is 43.2 Å². The van der Waals surface area contributed by atoms with Gasteiger partial charge in [-0.15, -0.1) is 0 Å². The van der Waals surface area contributed by atoms with Crippen LogP contribution < -0.4 is 5.32 Å². The number of carboxylic acids is 1. The smallest absolute Gasteiger partial charge is 0.310 e. The Morgan fingerprint density at radius 3 is 2.46 bits per heavy atom. The second-order valence-electron chi connectivity index (χ2n) is 6.91. The van der Waals surface area contributed by atoms with E-state index in [1.54, 1.807) is 49.4 Å². The molecule has 3 rings (SSSR count). The third-order valence-corrected chi connectivity index (χ3v) is 5.30. The third-order valence-electron chi connectivity index (χ3n) is 5.30. The summed E-state index contributed by atoms with van der Waals surface area (Å²) in [6.07, 6.45) is 2.95. The highest BCUT2D eigenvalue weighted by Crippen LogP contribution is 2.43. The minimum absolute atomic E-state index is 0.236. The molecule has 1 fully saturated rings. The predicted octanol–water partition coefficient (Wildman–Crippen LogP) is 4.46. The number of aliphatic carboxylic acids is 1. The van der Waals surface area contributed by atoms with Crippen LogP contribution in [0.15, 0.2) is 48.5 Å². The lowest BCUT2D eigenvalue weighted by molar-refractivity contribution is -0.138. The Morgan fingerprint density at radius 2 is 1.81 bits per heavy atom. The summed E-state index contributed by atoms with van der Waals surface area (Å²) in [6, 6.07) is 13.3. The van der Waals surface area contributed by atoms with Gasteiger partial charge in [-0.05, 0) is 43.5 Å². The van der Waals surface area contributed by atoms with Gasteiger partial charge >= 0.3 is 5.97 Å². The number of anilines is 1. The van der Waals surface area contributed by atoms with E-state index in [0.29, 0.717) is 29.7 Å². The number of hydrogen-bond donors (Lipinski definition) is 2. The number of carbonyl (C=O) groups is 2. The molecule has 4 nitrogen and oxygen atoms in total. The highest BCUT2D eigenvalue weighted by atomic mass is 19.1. The van der Waals surface area contributed by atoms with Crippen molar-refractivity contribution in [2.45, 2.75) is 43.9 Å². The molecule has 0 heterocycles. The van der Waals surface area contributed by atoms with Gasteiger partial charge in [0.25, 0.3) is 0 Å². The molecule has 0 aliphatic heterocycles. The Hall–Kier alpha value is -2.69. The molecule has 0 spiro atoms. The first kappa shape index (κ1) is 18.1. The van der Waals surface area contributed by atoms with Crippen LogP contribution in [0.25, 0.3) is 0 Å². The molecule has 0 aromatic heterocycles. The Balaban J connectivity index is 1.90. The van der Waals surface area contributed by atoms with Gasteiger partial charge in [-0.25, -0.2) is 4.39 Å². The molecular weight excluding hydrogens is 333 g/mol. The van der Waals surface area contributed by atoms with Crippen LogP contribution >= 0.6 is 0 Å². The number of carboxylic acid groups (broad SMARTS) is 1. The molecule has 1 unspecified atom stereocenters. The molecule has 136 valence electrons. The number of carbonyl (C=O) groups excluding carboxylic acids is 1. The van der Waals surface area contributed by atoms with Gasteiger partial charge < -0.3 is 10.4 Å². The Kier molecular flexibility index (Phi) is 5.07. The fourth-order valence-electron chi connectivity index (χ4n) is 3.73. The topological polar surface area (TPSA) is 66.4 Å². The number of hydrogen-bond acceptors (Lipinski definition) is 2. The molecule has 1 aliphatic carbocycles. The van der Waals surface area contributed by atoms with Crippen molar-refractivity contribution in [2.24, 2.45) is 0 Å². The summed E-state index contributed by atoms with van der Waals surface area (Å²) in [4.78, 5) is 24.3. The Labute approximate surface area is 152 Å². The second kappa shape index (κ2) is 7.28. The molecule has 1 amide bonds. The second-order valence-corrected chi connectivity index (χ2v) is 6.91. The van der Waals surface area contributed by atoms with Crippen molar-refractivity contribution in [3.8, 4) is 0 Å². The largest absolute Gasteiger partial charge is 0.481 e. The van der Waals surface area contributed by atoms with Crippen molar-refractivity contribution in [1.82, 2.24) is 0 Å². The average molecular weight is 355 g/mol. The van der Waals surface area contributed by atoms with Crippen LogP contribution in [0.5, 0.6) is 0 Å². The third kappa shape index (κ3) is 3.34. The molecule has 26 heavy (non-hydrogen) atoms. The van der Waals surface area contributed by atoms with Crippen molar-refractivity contribution in [1.29, 1.82) is 0 Å². The lowest BCUT2D eigenvalue weighted by Gasteiger charge is -2.28. The zero-order valence-corrected chi connectivity index (χ0v) is 14.7. The quantitative estimate of drug-likeness (QED) is 0.832. The van der Waals surface area contributed by atoms with Crippen LogP contribution in [-0.2, 0) is 15.0 Å². The number of benzene rings is 2. The predicted molar refractivity (Wildman–Crippen MR) is 97.7 cm³/mol. The number of nitrogens with one attached hydrogen (secondary N) is 1.